The van der Waals surface area contributed by atoms with E-state index in [0.29, 0.717) is 13.1 Å². The first-order valence-corrected chi connectivity index (χ1v) is 10.1. The Morgan fingerprint density at radius 1 is 1.03 bits per heavy atom. The Bertz CT molecular complexity index is 930. The fraction of sp³-hybridized carbons (Fsp3) is 0.250. The average Bonchev–Trinajstić information content (AvgIpc) is 2.79. The molecule has 0 unspecified atom stereocenters. The van der Waals surface area contributed by atoms with Crippen LogP contribution in [0.2, 0.25) is 0 Å². The highest BCUT2D eigenvalue weighted by Gasteiger charge is 2.25. The molecule has 5 heteroatoms. The molecule has 1 atom stereocenters. The summed E-state index contributed by atoms with van der Waals surface area (Å²) in [6.45, 7) is 3.70. The van der Waals surface area contributed by atoms with Crippen LogP contribution < -0.4 is 10.6 Å². The molecule has 1 saturated heterocycles. The largest absolute Gasteiger partial charge is 0.349 e. The molecule has 0 bridgehead atoms. The summed E-state index contributed by atoms with van der Waals surface area (Å²) in [5.74, 6) is 0.0247. The maximum atomic E-state index is 12.6. The van der Waals surface area contributed by atoms with E-state index in [0.717, 1.165) is 25.3 Å². The van der Waals surface area contributed by atoms with Gasteiger partial charge in [0.15, 0.2) is 0 Å². The number of benzene rings is 2. The van der Waals surface area contributed by atoms with Gasteiger partial charge in [-0.3, -0.25) is 14.7 Å². The van der Waals surface area contributed by atoms with Crippen LogP contribution in [0.25, 0.3) is 11.1 Å². The van der Waals surface area contributed by atoms with Crippen LogP contribution in [0.1, 0.15) is 11.3 Å². The number of hydrogen-bond donors (Lipinski definition) is 2. The number of rotatable bonds is 6. The molecule has 1 aromatic heterocycles. The molecule has 5 nitrogen and oxygen atoms in total. The number of carbonyl (C=O) groups excluding carboxylic acids is 1. The molecule has 2 N–H and O–H groups in total. The smallest absolute Gasteiger partial charge is 0.238 e. The molecular formula is C24H26N4O. The molecule has 1 amide bonds. The lowest BCUT2D eigenvalue weighted by Gasteiger charge is -2.33. The standard InChI is InChI=1S/C24H26N4O/c29-24(27-16-21-11-6-7-13-25-21)23-18-28(15-14-26-23)17-20-10-4-5-12-22(20)19-8-2-1-3-9-19/h1-13,23,26H,14-18H2,(H,27,29)/t23-/m0/s1. The molecule has 148 valence electrons. The Morgan fingerprint density at radius 3 is 2.66 bits per heavy atom. The summed E-state index contributed by atoms with van der Waals surface area (Å²) in [5, 5.41) is 6.34. The van der Waals surface area contributed by atoms with E-state index in [2.05, 4.69) is 69.0 Å². The van der Waals surface area contributed by atoms with Crippen molar-refractivity contribution in [2.75, 3.05) is 19.6 Å². The zero-order chi connectivity index (χ0) is 19.9. The molecule has 2 aromatic carbocycles. The van der Waals surface area contributed by atoms with E-state index < -0.39 is 0 Å². The van der Waals surface area contributed by atoms with Crippen molar-refractivity contribution in [2.24, 2.45) is 0 Å². The minimum atomic E-state index is -0.212. The van der Waals surface area contributed by atoms with Gasteiger partial charge in [-0.1, -0.05) is 60.7 Å². The van der Waals surface area contributed by atoms with Gasteiger partial charge in [-0.05, 0) is 28.8 Å². The van der Waals surface area contributed by atoms with Crippen molar-refractivity contribution in [3.63, 3.8) is 0 Å². The predicted molar refractivity (Wildman–Crippen MR) is 115 cm³/mol. The molecule has 1 fully saturated rings. The van der Waals surface area contributed by atoms with Crippen molar-refractivity contribution in [1.29, 1.82) is 0 Å². The van der Waals surface area contributed by atoms with Crippen LogP contribution in [0.15, 0.2) is 79.0 Å². The third kappa shape index (κ3) is 5.08. The summed E-state index contributed by atoms with van der Waals surface area (Å²) in [6, 6.07) is 24.5. The van der Waals surface area contributed by atoms with Crippen LogP contribution in [0.3, 0.4) is 0 Å². The number of hydrogen-bond acceptors (Lipinski definition) is 4. The van der Waals surface area contributed by atoms with Gasteiger partial charge in [0.1, 0.15) is 0 Å². The van der Waals surface area contributed by atoms with Gasteiger partial charge in [0.2, 0.25) is 5.91 Å². The Hall–Kier alpha value is -3.02. The van der Waals surface area contributed by atoms with Gasteiger partial charge < -0.3 is 10.6 Å². The molecule has 0 saturated carbocycles. The molecule has 0 radical (unpaired) electrons. The maximum Gasteiger partial charge on any atom is 0.238 e. The van der Waals surface area contributed by atoms with E-state index in [-0.39, 0.29) is 11.9 Å². The average molecular weight is 386 g/mol. The topological polar surface area (TPSA) is 57.3 Å². The van der Waals surface area contributed by atoms with Crippen molar-refractivity contribution < 1.29 is 4.79 Å². The van der Waals surface area contributed by atoms with Gasteiger partial charge >= 0.3 is 0 Å². The van der Waals surface area contributed by atoms with Crippen molar-refractivity contribution in [3.05, 3.63) is 90.3 Å². The second kappa shape index (κ2) is 9.45. The Labute approximate surface area is 171 Å². The number of nitrogens with zero attached hydrogens (tertiary/aromatic N) is 2. The van der Waals surface area contributed by atoms with Gasteiger partial charge in [-0.2, -0.15) is 0 Å². The number of carbonyl (C=O) groups is 1. The summed E-state index contributed by atoms with van der Waals surface area (Å²) in [4.78, 5) is 19.2. The first kappa shape index (κ1) is 19.3. The molecule has 0 spiro atoms. The minimum absolute atomic E-state index is 0.0247. The van der Waals surface area contributed by atoms with Gasteiger partial charge in [0, 0.05) is 32.4 Å². The highest BCUT2D eigenvalue weighted by Crippen LogP contribution is 2.24. The summed E-state index contributed by atoms with van der Waals surface area (Å²) in [7, 11) is 0. The van der Waals surface area contributed by atoms with E-state index in [1.165, 1.54) is 16.7 Å². The Morgan fingerprint density at radius 2 is 1.83 bits per heavy atom. The van der Waals surface area contributed by atoms with Gasteiger partial charge in [-0.15, -0.1) is 0 Å². The van der Waals surface area contributed by atoms with Crippen molar-refractivity contribution in [3.8, 4) is 11.1 Å². The van der Waals surface area contributed by atoms with Crippen LogP contribution in [-0.4, -0.2) is 41.5 Å². The predicted octanol–water partition coefficient (Wildman–Crippen LogP) is 2.84. The van der Waals surface area contributed by atoms with Gasteiger partial charge in [-0.25, -0.2) is 0 Å². The van der Waals surface area contributed by atoms with Gasteiger partial charge in [0.05, 0.1) is 18.3 Å². The van der Waals surface area contributed by atoms with Crippen molar-refractivity contribution in [2.45, 2.75) is 19.1 Å². The number of aromatic nitrogens is 1. The summed E-state index contributed by atoms with van der Waals surface area (Å²) < 4.78 is 0. The lowest BCUT2D eigenvalue weighted by atomic mass is 9.99. The SMILES string of the molecule is O=C(NCc1ccccn1)[C@@H]1CN(Cc2ccccc2-c2ccccc2)CCN1. The lowest BCUT2D eigenvalue weighted by molar-refractivity contribution is -0.124. The third-order valence-electron chi connectivity index (χ3n) is 5.24. The normalized spacial score (nSPS) is 17.0. The molecule has 1 aliphatic heterocycles. The van der Waals surface area contributed by atoms with Crippen LogP contribution in [-0.2, 0) is 17.9 Å². The molecule has 3 aromatic rings. The molecular weight excluding hydrogens is 360 g/mol. The number of amides is 1. The van der Waals surface area contributed by atoms with Crippen LogP contribution >= 0.6 is 0 Å². The molecule has 29 heavy (non-hydrogen) atoms. The van der Waals surface area contributed by atoms with Gasteiger partial charge in [0.25, 0.3) is 0 Å². The molecule has 2 heterocycles. The fourth-order valence-corrected chi connectivity index (χ4v) is 3.73. The molecule has 1 aliphatic rings. The highest BCUT2D eigenvalue weighted by molar-refractivity contribution is 5.82. The molecule has 0 aliphatic carbocycles. The number of piperazine rings is 1. The Kier molecular flexibility index (Phi) is 6.29. The Balaban J connectivity index is 1.39. The van der Waals surface area contributed by atoms with Crippen molar-refractivity contribution >= 4 is 5.91 Å². The second-order valence-corrected chi connectivity index (χ2v) is 7.30. The number of nitrogens with one attached hydrogen (secondary N) is 2. The highest BCUT2D eigenvalue weighted by atomic mass is 16.2. The van der Waals surface area contributed by atoms with Crippen LogP contribution in [0.4, 0.5) is 0 Å². The van der Waals surface area contributed by atoms with Crippen LogP contribution in [0.5, 0.6) is 0 Å². The minimum Gasteiger partial charge on any atom is -0.349 e. The fourth-order valence-electron chi connectivity index (χ4n) is 3.73. The van der Waals surface area contributed by atoms with E-state index in [1.807, 2.05) is 24.3 Å². The van der Waals surface area contributed by atoms with E-state index in [4.69, 9.17) is 0 Å². The first-order valence-electron chi connectivity index (χ1n) is 10.1. The maximum absolute atomic E-state index is 12.6. The summed E-state index contributed by atoms with van der Waals surface area (Å²) in [6.07, 6.45) is 1.74. The van der Waals surface area contributed by atoms with E-state index >= 15 is 0 Å². The van der Waals surface area contributed by atoms with Crippen molar-refractivity contribution in [1.82, 2.24) is 20.5 Å². The summed E-state index contributed by atoms with van der Waals surface area (Å²) in [5.41, 5.74) is 4.63. The summed E-state index contributed by atoms with van der Waals surface area (Å²) >= 11 is 0. The zero-order valence-electron chi connectivity index (χ0n) is 16.4. The molecule has 4 rings (SSSR count). The second-order valence-electron chi connectivity index (χ2n) is 7.30. The third-order valence-corrected chi connectivity index (χ3v) is 5.24. The van der Waals surface area contributed by atoms with E-state index in [9.17, 15) is 4.79 Å². The number of pyridine rings is 1. The van der Waals surface area contributed by atoms with E-state index in [1.54, 1.807) is 6.20 Å². The first-order chi connectivity index (χ1) is 14.3. The zero-order valence-corrected chi connectivity index (χ0v) is 16.4. The monoisotopic (exact) mass is 386 g/mol. The van der Waals surface area contributed by atoms with Crippen LogP contribution in [0, 0.1) is 0 Å². The lowest BCUT2D eigenvalue weighted by Crippen LogP contribution is -2.56. The quantitative estimate of drug-likeness (QED) is 0.684.